The highest BCUT2D eigenvalue weighted by atomic mass is 16.5. The van der Waals surface area contributed by atoms with Crippen LogP contribution in [-0.4, -0.2) is 30.1 Å². The van der Waals surface area contributed by atoms with Crippen LogP contribution in [0.5, 0.6) is 11.5 Å². The third-order valence-electron chi connectivity index (χ3n) is 3.91. The third-order valence-corrected chi connectivity index (χ3v) is 3.91. The number of phenolic OH excluding ortho intramolecular Hbond substituents is 1. The van der Waals surface area contributed by atoms with Gasteiger partial charge in [-0.15, -0.1) is 0 Å². The third kappa shape index (κ3) is 1.77. The van der Waals surface area contributed by atoms with Crippen LogP contribution in [0.15, 0.2) is 18.2 Å². The number of hydrogen-bond acceptors (Lipinski definition) is 5. The van der Waals surface area contributed by atoms with Crippen molar-refractivity contribution in [2.75, 3.05) is 7.11 Å². The lowest BCUT2D eigenvalue weighted by Gasteiger charge is -2.29. The molecule has 0 spiro atoms. The van der Waals surface area contributed by atoms with E-state index < -0.39 is 11.8 Å². The summed E-state index contributed by atoms with van der Waals surface area (Å²) in [6.45, 7) is 0. The fraction of sp³-hybridized carbons (Fsp3) is 0.429. The molecule has 1 fully saturated rings. The van der Waals surface area contributed by atoms with Crippen LogP contribution in [0.25, 0.3) is 0 Å². The summed E-state index contributed by atoms with van der Waals surface area (Å²) in [5, 5.41) is 9.47. The first-order chi connectivity index (χ1) is 9.11. The molecule has 2 aliphatic rings. The van der Waals surface area contributed by atoms with Crippen LogP contribution in [0.4, 0.5) is 0 Å². The molecule has 1 saturated carbocycles. The Balaban J connectivity index is 1.99. The van der Waals surface area contributed by atoms with Gasteiger partial charge < -0.3 is 14.6 Å². The average Bonchev–Trinajstić information content (AvgIpc) is 2.83. The molecular weight excluding hydrogens is 248 g/mol. The van der Waals surface area contributed by atoms with Gasteiger partial charge in [0.15, 0.2) is 5.78 Å². The predicted molar refractivity (Wildman–Crippen MR) is 65.1 cm³/mol. The van der Waals surface area contributed by atoms with Gasteiger partial charge in [-0.05, 0) is 31.0 Å². The first kappa shape index (κ1) is 12.0. The number of rotatable bonds is 1. The Morgan fingerprint density at radius 2 is 2.21 bits per heavy atom. The molecule has 0 amide bonds. The number of esters is 1. The van der Waals surface area contributed by atoms with Crippen molar-refractivity contribution >= 4 is 11.8 Å². The molecule has 1 heterocycles. The molecule has 5 heteroatoms. The largest absolute Gasteiger partial charge is 0.508 e. The normalized spacial score (nSPS) is 28.3. The quantitative estimate of drug-likeness (QED) is 0.777. The van der Waals surface area contributed by atoms with E-state index in [0.29, 0.717) is 24.2 Å². The minimum atomic E-state index is -0.498. The minimum Gasteiger partial charge on any atom is -0.508 e. The van der Waals surface area contributed by atoms with Crippen molar-refractivity contribution in [2.45, 2.75) is 18.9 Å². The van der Waals surface area contributed by atoms with E-state index in [1.165, 1.54) is 19.2 Å². The molecule has 3 atom stereocenters. The Morgan fingerprint density at radius 3 is 2.95 bits per heavy atom. The zero-order valence-electron chi connectivity index (χ0n) is 10.5. The number of aromatic hydroxyl groups is 1. The second-order valence-corrected chi connectivity index (χ2v) is 4.93. The number of ether oxygens (including phenoxy) is 2. The van der Waals surface area contributed by atoms with Gasteiger partial charge in [0.05, 0.1) is 24.5 Å². The number of fused-ring (bicyclic) bond motifs is 2. The number of ketones is 1. The molecule has 1 aliphatic heterocycles. The second-order valence-electron chi connectivity index (χ2n) is 4.93. The summed E-state index contributed by atoms with van der Waals surface area (Å²) in [4.78, 5) is 24.2. The number of carbonyl (C=O) groups excluding carboxylic acids is 2. The first-order valence-electron chi connectivity index (χ1n) is 6.23. The maximum atomic E-state index is 12.5. The lowest BCUT2D eigenvalue weighted by molar-refractivity contribution is -0.146. The highest BCUT2D eigenvalue weighted by Gasteiger charge is 2.49. The number of Topliss-reactive ketones (excluding diaryl/α,β-unsaturated/α-hetero) is 1. The van der Waals surface area contributed by atoms with Crippen molar-refractivity contribution in [3.63, 3.8) is 0 Å². The van der Waals surface area contributed by atoms with Gasteiger partial charge in [0.1, 0.15) is 17.6 Å². The number of phenols is 1. The number of carbonyl (C=O) groups is 2. The van der Waals surface area contributed by atoms with Crippen molar-refractivity contribution in [1.82, 2.24) is 0 Å². The summed E-state index contributed by atoms with van der Waals surface area (Å²) in [5.74, 6) is -0.959. The summed E-state index contributed by atoms with van der Waals surface area (Å²) in [6.07, 6.45) is 0.984. The van der Waals surface area contributed by atoms with E-state index in [4.69, 9.17) is 9.47 Å². The minimum absolute atomic E-state index is 0.0155. The van der Waals surface area contributed by atoms with Gasteiger partial charge in [-0.25, -0.2) is 0 Å². The SMILES string of the molecule is COC(=O)[C@H]1CC[C@@H]2Oc3ccc(O)cc3C(=O)[C@@H]21. The van der Waals surface area contributed by atoms with Crippen LogP contribution in [0, 0.1) is 11.8 Å². The van der Waals surface area contributed by atoms with Crippen LogP contribution in [0.3, 0.4) is 0 Å². The fourth-order valence-electron chi connectivity index (χ4n) is 3.02. The van der Waals surface area contributed by atoms with E-state index in [1.807, 2.05) is 0 Å². The Morgan fingerprint density at radius 1 is 1.42 bits per heavy atom. The maximum Gasteiger partial charge on any atom is 0.309 e. The molecule has 19 heavy (non-hydrogen) atoms. The van der Waals surface area contributed by atoms with Gasteiger partial charge in [0, 0.05) is 0 Å². The molecule has 1 aromatic carbocycles. The van der Waals surface area contributed by atoms with Gasteiger partial charge in [0.2, 0.25) is 0 Å². The molecule has 0 unspecified atom stereocenters. The van der Waals surface area contributed by atoms with Gasteiger partial charge in [-0.1, -0.05) is 0 Å². The molecule has 3 rings (SSSR count). The molecule has 1 aliphatic carbocycles. The van der Waals surface area contributed by atoms with Gasteiger partial charge >= 0.3 is 5.97 Å². The topological polar surface area (TPSA) is 72.8 Å². The van der Waals surface area contributed by atoms with E-state index in [9.17, 15) is 14.7 Å². The lowest BCUT2D eigenvalue weighted by Crippen LogP contribution is -2.39. The summed E-state index contributed by atoms with van der Waals surface area (Å²) in [5.41, 5.74) is 0.344. The molecule has 1 aromatic rings. The van der Waals surface area contributed by atoms with Crippen molar-refractivity contribution in [3.8, 4) is 11.5 Å². The van der Waals surface area contributed by atoms with E-state index >= 15 is 0 Å². The zero-order valence-corrected chi connectivity index (χ0v) is 10.5. The second kappa shape index (κ2) is 4.26. The fourth-order valence-corrected chi connectivity index (χ4v) is 3.02. The Kier molecular flexibility index (Phi) is 2.69. The monoisotopic (exact) mass is 262 g/mol. The first-order valence-corrected chi connectivity index (χ1v) is 6.23. The van der Waals surface area contributed by atoms with Gasteiger partial charge in [-0.3, -0.25) is 9.59 Å². The van der Waals surface area contributed by atoms with Crippen molar-refractivity contribution in [2.24, 2.45) is 11.8 Å². The molecule has 0 radical (unpaired) electrons. The van der Waals surface area contributed by atoms with E-state index in [2.05, 4.69) is 0 Å². The van der Waals surface area contributed by atoms with Crippen molar-refractivity contribution in [1.29, 1.82) is 0 Å². The summed E-state index contributed by atoms with van der Waals surface area (Å²) in [7, 11) is 1.32. The highest BCUT2D eigenvalue weighted by molar-refractivity contribution is 6.04. The Bertz CT molecular complexity index is 551. The molecule has 5 nitrogen and oxygen atoms in total. The van der Waals surface area contributed by atoms with Crippen LogP contribution in [0.1, 0.15) is 23.2 Å². The maximum absolute atomic E-state index is 12.5. The van der Waals surface area contributed by atoms with Crippen LogP contribution < -0.4 is 4.74 Å². The summed E-state index contributed by atoms with van der Waals surface area (Å²) in [6, 6.07) is 4.46. The smallest absolute Gasteiger partial charge is 0.309 e. The lowest BCUT2D eigenvalue weighted by atomic mass is 9.85. The number of methoxy groups -OCH3 is 1. The molecule has 0 saturated heterocycles. The zero-order chi connectivity index (χ0) is 13.6. The predicted octanol–water partition coefficient (Wildman–Crippen LogP) is 1.54. The standard InChI is InChI=1S/C14H14O5/c1-18-14(17)8-3-5-11-12(8)13(16)9-6-7(15)2-4-10(9)19-11/h2,4,6,8,11-12,15H,3,5H2,1H3/t8-,11-,12+/m0/s1. The summed E-state index contributed by atoms with van der Waals surface area (Å²) >= 11 is 0. The van der Waals surface area contributed by atoms with Crippen LogP contribution in [0.2, 0.25) is 0 Å². The van der Waals surface area contributed by atoms with Crippen LogP contribution >= 0.6 is 0 Å². The number of hydrogen-bond donors (Lipinski definition) is 1. The highest BCUT2D eigenvalue weighted by Crippen LogP contribution is 2.43. The number of benzene rings is 1. The van der Waals surface area contributed by atoms with Crippen molar-refractivity contribution in [3.05, 3.63) is 23.8 Å². The van der Waals surface area contributed by atoms with Gasteiger partial charge in [0.25, 0.3) is 0 Å². The molecule has 0 bridgehead atoms. The van der Waals surface area contributed by atoms with Crippen LogP contribution in [-0.2, 0) is 9.53 Å². The van der Waals surface area contributed by atoms with E-state index in [1.54, 1.807) is 6.07 Å². The molecule has 100 valence electrons. The van der Waals surface area contributed by atoms with E-state index in [-0.39, 0.29) is 23.6 Å². The molecule has 0 aromatic heterocycles. The molecular formula is C14H14O5. The molecule has 1 N–H and O–H groups in total. The summed E-state index contributed by atoms with van der Waals surface area (Å²) < 4.78 is 10.5. The Labute approximate surface area is 110 Å². The average molecular weight is 262 g/mol. The Hall–Kier alpha value is -2.04. The van der Waals surface area contributed by atoms with E-state index in [0.717, 1.165) is 0 Å². The van der Waals surface area contributed by atoms with Gasteiger partial charge in [-0.2, -0.15) is 0 Å². The van der Waals surface area contributed by atoms with Crippen molar-refractivity contribution < 1.29 is 24.2 Å².